The number of thiophene rings is 1. The maximum atomic E-state index is 12.4. The molecular weight excluding hydrogens is 352 g/mol. The molecule has 8 nitrogen and oxygen atoms in total. The fourth-order valence-electron chi connectivity index (χ4n) is 2.85. The third-order valence-electron chi connectivity index (χ3n) is 4.02. The standard InChI is InChI=1S/C17H16N6O2S/c24-15(11-23-20-17(19-21-23)14-7-4-10-26-14)18-12-5-1-2-6-13(12)22-9-3-8-16(22)25/h1-2,4-7,10H,3,8-9,11H2,(H,18,24). The van der Waals surface area contributed by atoms with Crippen LogP contribution in [0.2, 0.25) is 0 Å². The maximum absolute atomic E-state index is 12.4. The Labute approximate surface area is 153 Å². The number of hydrogen-bond acceptors (Lipinski definition) is 6. The first-order valence-corrected chi connectivity index (χ1v) is 9.09. The van der Waals surface area contributed by atoms with E-state index < -0.39 is 0 Å². The summed E-state index contributed by atoms with van der Waals surface area (Å²) in [7, 11) is 0. The van der Waals surface area contributed by atoms with Gasteiger partial charge < -0.3 is 10.2 Å². The average Bonchev–Trinajstić information content (AvgIpc) is 3.36. The molecule has 1 aliphatic rings. The quantitative estimate of drug-likeness (QED) is 0.745. The monoisotopic (exact) mass is 368 g/mol. The van der Waals surface area contributed by atoms with Gasteiger partial charge in [0.2, 0.25) is 17.6 Å². The molecule has 0 spiro atoms. The van der Waals surface area contributed by atoms with Crippen molar-refractivity contribution in [1.29, 1.82) is 0 Å². The zero-order valence-electron chi connectivity index (χ0n) is 13.8. The fraction of sp³-hybridized carbons (Fsp3) is 0.235. The third kappa shape index (κ3) is 3.33. The van der Waals surface area contributed by atoms with E-state index in [1.807, 2.05) is 35.7 Å². The van der Waals surface area contributed by atoms with E-state index in [2.05, 4.69) is 20.7 Å². The minimum absolute atomic E-state index is 0.0549. The van der Waals surface area contributed by atoms with E-state index in [9.17, 15) is 9.59 Å². The largest absolute Gasteiger partial charge is 0.323 e. The molecule has 1 fully saturated rings. The fourth-order valence-corrected chi connectivity index (χ4v) is 3.50. The molecule has 0 atom stereocenters. The number of rotatable bonds is 5. The molecule has 1 saturated heterocycles. The summed E-state index contributed by atoms with van der Waals surface area (Å²) in [6, 6.07) is 11.1. The van der Waals surface area contributed by atoms with Crippen molar-refractivity contribution in [3.8, 4) is 10.7 Å². The van der Waals surface area contributed by atoms with Gasteiger partial charge in [0, 0.05) is 13.0 Å². The molecule has 9 heteroatoms. The van der Waals surface area contributed by atoms with Crippen LogP contribution >= 0.6 is 11.3 Å². The van der Waals surface area contributed by atoms with E-state index in [-0.39, 0.29) is 18.4 Å². The van der Waals surface area contributed by atoms with Crippen LogP contribution in [0.25, 0.3) is 10.7 Å². The molecule has 1 aliphatic heterocycles. The van der Waals surface area contributed by atoms with Crippen molar-refractivity contribution in [2.45, 2.75) is 19.4 Å². The van der Waals surface area contributed by atoms with Gasteiger partial charge >= 0.3 is 0 Å². The van der Waals surface area contributed by atoms with Gasteiger partial charge in [0.25, 0.3) is 0 Å². The molecule has 26 heavy (non-hydrogen) atoms. The lowest BCUT2D eigenvalue weighted by Gasteiger charge is -2.19. The van der Waals surface area contributed by atoms with Crippen LogP contribution in [-0.2, 0) is 16.1 Å². The molecule has 0 saturated carbocycles. The molecule has 0 radical (unpaired) electrons. The number of amides is 2. The second kappa shape index (κ2) is 7.04. The Morgan fingerprint density at radius 2 is 2.12 bits per heavy atom. The lowest BCUT2D eigenvalue weighted by molar-refractivity contribution is -0.118. The highest BCUT2D eigenvalue weighted by atomic mass is 32.1. The van der Waals surface area contributed by atoms with Gasteiger partial charge in [-0.3, -0.25) is 9.59 Å². The first-order valence-electron chi connectivity index (χ1n) is 8.21. The minimum atomic E-state index is -0.278. The molecule has 3 aromatic rings. The molecule has 1 aromatic carbocycles. The van der Waals surface area contributed by atoms with Crippen molar-refractivity contribution in [2.24, 2.45) is 0 Å². The molecule has 132 valence electrons. The molecule has 4 rings (SSSR count). The zero-order valence-corrected chi connectivity index (χ0v) is 14.6. The van der Waals surface area contributed by atoms with Crippen LogP contribution in [0, 0.1) is 0 Å². The number of carbonyl (C=O) groups excluding carboxylic acids is 2. The molecule has 0 bridgehead atoms. The van der Waals surface area contributed by atoms with E-state index in [0.29, 0.717) is 30.2 Å². The first kappa shape index (κ1) is 16.4. The topological polar surface area (TPSA) is 93.0 Å². The van der Waals surface area contributed by atoms with Gasteiger partial charge in [-0.1, -0.05) is 18.2 Å². The Balaban J connectivity index is 1.46. The first-order chi connectivity index (χ1) is 12.7. The number of benzene rings is 1. The number of aromatic nitrogens is 4. The highest BCUT2D eigenvalue weighted by molar-refractivity contribution is 7.13. The molecule has 0 unspecified atom stereocenters. The normalized spacial score (nSPS) is 14.0. The highest BCUT2D eigenvalue weighted by Crippen LogP contribution is 2.29. The summed E-state index contributed by atoms with van der Waals surface area (Å²) in [5, 5.41) is 16.9. The van der Waals surface area contributed by atoms with E-state index in [1.165, 1.54) is 16.1 Å². The van der Waals surface area contributed by atoms with Crippen LogP contribution in [0.15, 0.2) is 41.8 Å². The Kier molecular flexibility index (Phi) is 4.44. The summed E-state index contributed by atoms with van der Waals surface area (Å²) in [5.74, 6) is 0.292. The highest BCUT2D eigenvalue weighted by Gasteiger charge is 2.24. The molecule has 3 heterocycles. The van der Waals surface area contributed by atoms with Crippen LogP contribution < -0.4 is 10.2 Å². The average molecular weight is 368 g/mol. The number of hydrogen-bond donors (Lipinski definition) is 1. The maximum Gasteiger partial charge on any atom is 0.248 e. The van der Waals surface area contributed by atoms with E-state index in [4.69, 9.17) is 0 Å². The van der Waals surface area contributed by atoms with Gasteiger partial charge in [0.1, 0.15) is 6.54 Å². The second-order valence-electron chi connectivity index (χ2n) is 5.84. The van der Waals surface area contributed by atoms with Crippen LogP contribution in [0.4, 0.5) is 11.4 Å². The van der Waals surface area contributed by atoms with Crippen molar-refractivity contribution < 1.29 is 9.59 Å². The Morgan fingerprint density at radius 3 is 2.88 bits per heavy atom. The summed E-state index contributed by atoms with van der Waals surface area (Å²) < 4.78 is 0. The van der Waals surface area contributed by atoms with E-state index >= 15 is 0 Å². The van der Waals surface area contributed by atoms with Crippen molar-refractivity contribution in [3.05, 3.63) is 41.8 Å². The van der Waals surface area contributed by atoms with Gasteiger partial charge in [-0.05, 0) is 35.2 Å². The predicted molar refractivity (Wildman–Crippen MR) is 97.8 cm³/mol. The minimum Gasteiger partial charge on any atom is -0.323 e. The Hall–Kier alpha value is -3.07. The summed E-state index contributed by atoms with van der Waals surface area (Å²) in [5.41, 5.74) is 1.32. The number of nitrogens with zero attached hydrogens (tertiary/aromatic N) is 5. The van der Waals surface area contributed by atoms with Gasteiger partial charge in [-0.2, -0.15) is 4.80 Å². The van der Waals surface area contributed by atoms with E-state index in [0.717, 1.165) is 11.3 Å². The van der Waals surface area contributed by atoms with Crippen molar-refractivity contribution in [1.82, 2.24) is 20.2 Å². The third-order valence-corrected chi connectivity index (χ3v) is 4.89. The van der Waals surface area contributed by atoms with E-state index in [1.54, 1.807) is 11.0 Å². The lowest BCUT2D eigenvalue weighted by Crippen LogP contribution is -2.26. The van der Waals surface area contributed by atoms with Crippen molar-refractivity contribution >= 4 is 34.5 Å². The molecule has 2 aromatic heterocycles. The smallest absolute Gasteiger partial charge is 0.248 e. The van der Waals surface area contributed by atoms with Crippen molar-refractivity contribution in [3.63, 3.8) is 0 Å². The number of para-hydroxylation sites is 2. The van der Waals surface area contributed by atoms with Gasteiger partial charge in [-0.25, -0.2) is 0 Å². The Bertz CT molecular complexity index is 936. The summed E-state index contributed by atoms with van der Waals surface area (Å²) in [6.07, 6.45) is 1.37. The number of carbonyl (C=O) groups is 2. The molecule has 0 aliphatic carbocycles. The Morgan fingerprint density at radius 1 is 1.23 bits per heavy atom. The van der Waals surface area contributed by atoms with Crippen LogP contribution in [0.5, 0.6) is 0 Å². The zero-order chi connectivity index (χ0) is 17.9. The second-order valence-corrected chi connectivity index (χ2v) is 6.78. The van der Waals surface area contributed by atoms with Gasteiger partial charge in [-0.15, -0.1) is 21.5 Å². The number of nitrogens with one attached hydrogen (secondary N) is 1. The lowest BCUT2D eigenvalue weighted by atomic mass is 10.2. The van der Waals surface area contributed by atoms with Crippen molar-refractivity contribution in [2.75, 3.05) is 16.8 Å². The molecule has 1 N–H and O–H groups in total. The van der Waals surface area contributed by atoms with Crippen LogP contribution in [0.3, 0.4) is 0 Å². The number of tetrazole rings is 1. The predicted octanol–water partition coefficient (Wildman–Crippen LogP) is 2.17. The SMILES string of the molecule is O=C(Cn1nnc(-c2cccs2)n1)Nc1ccccc1N1CCCC1=O. The van der Waals surface area contributed by atoms with Gasteiger partial charge in [0.15, 0.2) is 0 Å². The van der Waals surface area contributed by atoms with Gasteiger partial charge in [0.05, 0.1) is 16.3 Å². The molecular formula is C17H16N6O2S. The summed E-state index contributed by atoms with van der Waals surface area (Å²) >= 11 is 1.51. The summed E-state index contributed by atoms with van der Waals surface area (Å²) in [4.78, 5) is 28.2. The van der Waals surface area contributed by atoms with Crippen LogP contribution in [0.1, 0.15) is 12.8 Å². The molecule has 2 amide bonds. The van der Waals surface area contributed by atoms with Crippen LogP contribution in [-0.4, -0.2) is 38.6 Å². The summed E-state index contributed by atoms with van der Waals surface area (Å²) in [6.45, 7) is 0.612. The number of anilines is 2.